The lowest BCUT2D eigenvalue weighted by molar-refractivity contribution is -0.00649. The zero-order valence-corrected chi connectivity index (χ0v) is 16.5. The largest absolute Gasteiger partial charge is 0.350 e. The first-order valence-corrected chi connectivity index (χ1v) is 10.3. The molecular formula is C17H27N2O6P. The number of ether oxygens (including phenoxy) is 1. The van der Waals surface area contributed by atoms with E-state index < -0.39 is 31.2 Å². The van der Waals surface area contributed by atoms with E-state index in [0.29, 0.717) is 5.56 Å². The van der Waals surface area contributed by atoms with E-state index in [1.165, 1.54) is 16.8 Å². The Hall–Kier alpha value is -1.47. The van der Waals surface area contributed by atoms with Crippen LogP contribution in [0.5, 0.6) is 0 Å². The average Bonchev–Trinajstić information content (AvgIpc) is 2.88. The first kappa shape index (κ1) is 20.8. The van der Waals surface area contributed by atoms with Gasteiger partial charge in [0.25, 0.3) is 5.56 Å². The summed E-state index contributed by atoms with van der Waals surface area (Å²) < 4.78 is 18.7. The number of aromatic nitrogens is 2. The summed E-state index contributed by atoms with van der Waals surface area (Å²) in [5.74, 6) is 1.07. The van der Waals surface area contributed by atoms with Crippen LogP contribution < -0.4 is 11.2 Å². The molecule has 0 amide bonds. The monoisotopic (exact) mass is 386 g/mol. The van der Waals surface area contributed by atoms with Crippen molar-refractivity contribution in [1.29, 1.82) is 0 Å². The van der Waals surface area contributed by atoms with Crippen molar-refractivity contribution in [2.75, 3.05) is 0 Å². The maximum Gasteiger partial charge on any atom is 0.348 e. The number of H-pyrrole nitrogens is 1. The third-order valence-electron chi connectivity index (χ3n) is 4.88. The Bertz CT molecular complexity index is 834. The van der Waals surface area contributed by atoms with Crippen LogP contribution in [0, 0.1) is 30.6 Å². The highest BCUT2D eigenvalue weighted by atomic mass is 31.2. The highest BCUT2D eigenvalue weighted by molar-refractivity contribution is 7.55. The number of hydrogen-bond donors (Lipinski definition) is 3. The zero-order chi connectivity index (χ0) is 19.8. The number of nitrogens with zero attached hydrogens (tertiary/aromatic N) is 1. The van der Waals surface area contributed by atoms with E-state index in [0.717, 1.165) is 5.82 Å². The maximum atomic E-state index is 12.3. The van der Waals surface area contributed by atoms with Gasteiger partial charge < -0.3 is 14.5 Å². The minimum absolute atomic E-state index is 0.0399. The molecule has 1 aliphatic rings. The predicted octanol–water partition coefficient (Wildman–Crippen LogP) is 1.98. The number of aryl methyl sites for hydroxylation is 1. The molecule has 146 valence electrons. The van der Waals surface area contributed by atoms with Crippen molar-refractivity contribution in [3.05, 3.63) is 44.5 Å². The molecule has 0 spiro atoms. The topological polar surface area (TPSA) is 122 Å². The van der Waals surface area contributed by atoms with Crippen LogP contribution in [0.15, 0.2) is 27.7 Å². The minimum Gasteiger partial charge on any atom is -0.350 e. The SMILES string of the molecule is Cc1cn([C@@H]2O[C@H](/C=C/P(=O)(O)O)[C@@H](C(C)C)C2C(C)C)c(=O)[nH]c1=O. The maximum absolute atomic E-state index is 12.3. The predicted molar refractivity (Wildman–Crippen MR) is 97.8 cm³/mol. The van der Waals surface area contributed by atoms with Crippen LogP contribution in [0.2, 0.25) is 0 Å². The van der Waals surface area contributed by atoms with Crippen LogP contribution in [0.25, 0.3) is 0 Å². The van der Waals surface area contributed by atoms with E-state index in [2.05, 4.69) is 4.98 Å². The van der Waals surface area contributed by atoms with E-state index in [9.17, 15) is 14.2 Å². The lowest BCUT2D eigenvalue weighted by Gasteiger charge is -2.30. The Labute approximate surface area is 152 Å². The molecule has 0 radical (unpaired) electrons. The summed E-state index contributed by atoms with van der Waals surface area (Å²) in [6.07, 6.45) is 1.70. The summed E-state index contributed by atoms with van der Waals surface area (Å²) in [4.78, 5) is 44.6. The lowest BCUT2D eigenvalue weighted by Crippen LogP contribution is -2.37. The average molecular weight is 386 g/mol. The van der Waals surface area contributed by atoms with Gasteiger partial charge >= 0.3 is 13.3 Å². The highest BCUT2D eigenvalue weighted by Gasteiger charge is 2.47. The lowest BCUT2D eigenvalue weighted by atomic mass is 9.75. The summed E-state index contributed by atoms with van der Waals surface area (Å²) >= 11 is 0. The zero-order valence-electron chi connectivity index (χ0n) is 15.6. The van der Waals surface area contributed by atoms with Gasteiger partial charge in [0.15, 0.2) is 0 Å². The molecule has 1 aromatic heterocycles. The van der Waals surface area contributed by atoms with Gasteiger partial charge in [0, 0.05) is 23.5 Å². The Kier molecular flexibility index (Phi) is 6.13. The molecule has 3 N–H and O–H groups in total. The fourth-order valence-corrected chi connectivity index (χ4v) is 4.14. The summed E-state index contributed by atoms with van der Waals surface area (Å²) in [7, 11) is -4.31. The number of rotatable bonds is 5. The first-order valence-electron chi connectivity index (χ1n) is 8.64. The van der Waals surface area contributed by atoms with Crippen LogP contribution in [0.1, 0.15) is 39.5 Å². The van der Waals surface area contributed by atoms with Gasteiger partial charge in [0.2, 0.25) is 0 Å². The fourth-order valence-electron chi connectivity index (χ4n) is 3.75. The number of hydrogen-bond acceptors (Lipinski definition) is 4. The molecule has 0 aromatic carbocycles. The van der Waals surface area contributed by atoms with E-state index >= 15 is 0 Å². The van der Waals surface area contributed by atoms with E-state index in [-0.39, 0.29) is 23.7 Å². The molecule has 2 heterocycles. The second kappa shape index (κ2) is 7.64. The van der Waals surface area contributed by atoms with Gasteiger partial charge in [-0.05, 0) is 30.8 Å². The third kappa shape index (κ3) is 4.43. The van der Waals surface area contributed by atoms with Gasteiger partial charge in [-0.1, -0.05) is 27.7 Å². The molecule has 26 heavy (non-hydrogen) atoms. The van der Waals surface area contributed by atoms with Crippen LogP contribution in [0.3, 0.4) is 0 Å². The molecular weight excluding hydrogens is 359 g/mol. The molecule has 2 rings (SSSR count). The fraction of sp³-hybridized carbons (Fsp3) is 0.647. The standard InChI is InChI=1S/C17H27N2O6P/c1-9(2)13-12(6-7-26(22,23)24)25-16(14(13)10(3)4)19-8-11(5)15(20)18-17(19)21/h6-10,12-14,16H,1-5H3,(H,18,20,21)(H2,22,23,24)/b7-6+/t12-,13-,14?,16-/m1/s1. The second-order valence-corrected chi connectivity index (χ2v) is 9.02. The molecule has 1 fully saturated rings. The Morgan fingerprint density at radius 1 is 1.19 bits per heavy atom. The normalized spacial score (nSPS) is 27.1. The van der Waals surface area contributed by atoms with Crippen molar-refractivity contribution in [3.8, 4) is 0 Å². The summed E-state index contributed by atoms with van der Waals surface area (Å²) in [6, 6.07) is 0. The van der Waals surface area contributed by atoms with Gasteiger partial charge in [-0.15, -0.1) is 0 Å². The molecule has 4 atom stereocenters. The first-order chi connectivity index (χ1) is 11.9. The minimum atomic E-state index is -4.31. The van der Waals surface area contributed by atoms with E-state index in [1.807, 2.05) is 27.7 Å². The third-order valence-corrected chi connectivity index (χ3v) is 5.44. The Morgan fingerprint density at radius 2 is 1.77 bits per heavy atom. The second-order valence-electron chi connectivity index (χ2n) is 7.54. The van der Waals surface area contributed by atoms with Crippen LogP contribution >= 0.6 is 7.60 Å². The summed E-state index contributed by atoms with van der Waals surface area (Å²) in [5.41, 5.74) is -0.604. The van der Waals surface area contributed by atoms with Crippen molar-refractivity contribution in [1.82, 2.24) is 9.55 Å². The van der Waals surface area contributed by atoms with Gasteiger partial charge in [-0.25, -0.2) is 4.79 Å². The Balaban J connectivity index is 2.54. The molecule has 1 saturated heterocycles. The molecule has 1 unspecified atom stereocenters. The molecule has 1 aromatic rings. The van der Waals surface area contributed by atoms with E-state index in [1.54, 1.807) is 6.92 Å². The van der Waals surface area contributed by atoms with E-state index in [4.69, 9.17) is 14.5 Å². The molecule has 8 nitrogen and oxygen atoms in total. The smallest absolute Gasteiger partial charge is 0.348 e. The van der Waals surface area contributed by atoms with Crippen molar-refractivity contribution in [2.24, 2.45) is 23.7 Å². The van der Waals surface area contributed by atoms with Gasteiger partial charge in [-0.2, -0.15) is 0 Å². The van der Waals surface area contributed by atoms with Crippen molar-refractivity contribution in [2.45, 2.75) is 47.0 Å². The van der Waals surface area contributed by atoms with Gasteiger partial charge in [-0.3, -0.25) is 18.9 Å². The number of nitrogens with one attached hydrogen (secondary N) is 1. The highest BCUT2D eigenvalue weighted by Crippen LogP contribution is 2.48. The van der Waals surface area contributed by atoms with Crippen molar-refractivity contribution >= 4 is 7.60 Å². The molecule has 9 heteroatoms. The summed E-state index contributed by atoms with van der Waals surface area (Å²) in [6.45, 7) is 9.69. The number of aromatic amines is 1. The van der Waals surface area contributed by atoms with Crippen LogP contribution in [0.4, 0.5) is 0 Å². The molecule has 1 aliphatic heterocycles. The summed E-state index contributed by atoms with van der Waals surface area (Å²) in [5, 5.41) is 0. The molecule has 0 aliphatic carbocycles. The quantitative estimate of drug-likeness (QED) is 0.665. The van der Waals surface area contributed by atoms with Gasteiger partial charge in [0.1, 0.15) is 6.23 Å². The van der Waals surface area contributed by atoms with Crippen LogP contribution in [-0.4, -0.2) is 25.4 Å². The molecule has 0 saturated carbocycles. The van der Waals surface area contributed by atoms with Crippen molar-refractivity contribution < 1.29 is 19.1 Å². The van der Waals surface area contributed by atoms with Crippen LogP contribution in [-0.2, 0) is 9.30 Å². The van der Waals surface area contributed by atoms with Crippen molar-refractivity contribution in [3.63, 3.8) is 0 Å². The van der Waals surface area contributed by atoms with Gasteiger partial charge in [0.05, 0.1) is 6.10 Å². The molecule has 0 bridgehead atoms. The Morgan fingerprint density at radius 3 is 2.27 bits per heavy atom.